The Morgan fingerprint density at radius 1 is 1.38 bits per heavy atom. The van der Waals surface area contributed by atoms with Crippen molar-refractivity contribution in [1.29, 1.82) is 0 Å². The molecule has 0 amide bonds. The van der Waals surface area contributed by atoms with Gasteiger partial charge in [-0.3, -0.25) is 0 Å². The molecule has 2 aromatic heterocycles. The molecule has 2 atom stereocenters. The van der Waals surface area contributed by atoms with E-state index in [2.05, 4.69) is 12.1 Å². The van der Waals surface area contributed by atoms with E-state index < -0.39 is 10.0 Å². The molecule has 1 aliphatic heterocycles. The maximum absolute atomic E-state index is 12.9. The molecule has 1 saturated heterocycles. The van der Waals surface area contributed by atoms with Crippen molar-refractivity contribution in [2.24, 2.45) is 11.7 Å². The molecule has 0 aromatic carbocycles. The van der Waals surface area contributed by atoms with E-state index in [1.165, 1.54) is 15.6 Å². The zero-order chi connectivity index (χ0) is 17.5. The van der Waals surface area contributed by atoms with Crippen LogP contribution in [-0.2, 0) is 10.0 Å². The highest BCUT2D eigenvalue weighted by Crippen LogP contribution is 2.37. The normalized spacial score (nSPS) is 22.3. The lowest BCUT2D eigenvalue weighted by molar-refractivity contribution is 0.393. The van der Waals surface area contributed by atoms with Crippen LogP contribution in [0.15, 0.2) is 20.9 Å². The Hall–Kier alpha value is -1.22. The Morgan fingerprint density at radius 2 is 2.12 bits per heavy atom. The predicted octanol–water partition coefficient (Wildman–Crippen LogP) is 2.77. The fourth-order valence-corrected chi connectivity index (χ4v) is 6.42. The first-order chi connectivity index (χ1) is 11.3. The van der Waals surface area contributed by atoms with E-state index in [4.69, 9.17) is 10.3 Å². The minimum Gasteiger partial charge on any atom is -0.361 e. The smallest absolute Gasteiger partial charge is 0.252 e. The van der Waals surface area contributed by atoms with Crippen molar-refractivity contribution >= 4 is 21.4 Å². The van der Waals surface area contributed by atoms with E-state index in [-0.39, 0.29) is 12.0 Å². The molecule has 3 rings (SSSR count). The third-order valence-corrected chi connectivity index (χ3v) is 7.97. The first-order valence-electron chi connectivity index (χ1n) is 8.13. The molecule has 132 valence electrons. The van der Waals surface area contributed by atoms with Gasteiger partial charge in [0.2, 0.25) is 0 Å². The minimum absolute atomic E-state index is 0.0817. The van der Waals surface area contributed by atoms with Crippen LogP contribution in [0.25, 0.3) is 10.4 Å². The van der Waals surface area contributed by atoms with Gasteiger partial charge < -0.3 is 10.3 Å². The maximum atomic E-state index is 12.9. The van der Waals surface area contributed by atoms with Crippen molar-refractivity contribution in [3.05, 3.63) is 23.6 Å². The van der Waals surface area contributed by atoms with E-state index in [9.17, 15) is 8.42 Å². The fraction of sp³-hybridized carbons (Fsp3) is 0.562. The van der Waals surface area contributed by atoms with Crippen LogP contribution in [0.4, 0.5) is 0 Å². The van der Waals surface area contributed by atoms with E-state index in [0.29, 0.717) is 23.1 Å². The van der Waals surface area contributed by atoms with Crippen molar-refractivity contribution in [2.45, 2.75) is 43.9 Å². The van der Waals surface area contributed by atoms with E-state index in [0.717, 1.165) is 29.0 Å². The molecule has 1 aliphatic rings. The predicted molar refractivity (Wildman–Crippen MR) is 94.4 cm³/mol. The summed E-state index contributed by atoms with van der Waals surface area (Å²) < 4.78 is 32.9. The molecule has 2 N–H and O–H groups in total. The topological polar surface area (TPSA) is 89.4 Å². The van der Waals surface area contributed by atoms with Gasteiger partial charge in [-0.2, -0.15) is 4.31 Å². The number of nitrogens with two attached hydrogens (primary N) is 1. The molecule has 8 heteroatoms. The summed E-state index contributed by atoms with van der Waals surface area (Å²) in [6, 6.07) is 3.41. The third kappa shape index (κ3) is 3.03. The number of sulfonamides is 1. The van der Waals surface area contributed by atoms with Gasteiger partial charge in [0.05, 0.1) is 11.3 Å². The molecule has 6 nitrogen and oxygen atoms in total. The van der Waals surface area contributed by atoms with Crippen molar-refractivity contribution in [1.82, 2.24) is 9.46 Å². The van der Waals surface area contributed by atoms with Crippen LogP contribution >= 0.6 is 11.3 Å². The molecule has 2 unspecified atom stereocenters. The highest BCUT2D eigenvalue weighted by atomic mass is 32.2. The van der Waals surface area contributed by atoms with Crippen molar-refractivity contribution < 1.29 is 12.9 Å². The molecule has 3 heterocycles. The monoisotopic (exact) mass is 369 g/mol. The molecule has 24 heavy (non-hydrogen) atoms. The number of aromatic nitrogens is 1. The Morgan fingerprint density at radius 3 is 2.75 bits per heavy atom. The number of hydrogen-bond donors (Lipinski definition) is 1. The Balaban J connectivity index is 1.87. The van der Waals surface area contributed by atoms with Gasteiger partial charge in [-0.1, -0.05) is 18.5 Å². The molecule has 0 radical (unpaired) electrons. The van der Waals surface area contributed by atoms with E-state index in [1.807, 2.05) is 19.9 Å². The molecule has 0 saturated carbocycles. The van der Waals surface area contributed by atoms with Crippen molar-refractivity contribution in [3.8, 4) is 10.4 Å². The van der Waals surface area contributed by atoms with Gasteiger partial charge in [0.1, 0.15) is 9.97 Å². The second-order valence-electron chi connectivity index (χ2n) is 6.35. The summed E-state index contributed by atoms with van der Waals surface area (Å²) in [5.41, 5.74) is 7.78. The van der Waals surface area contributed by atoms with Gasteiger partial charge in [0.25, 0.3) is 10.0 Å². The van der Waals surface area contributed by atoms with Crippen LogP contribution in [-0.4, -0.2) is 37.0 Å². The number of hydrogen-bond acceptors (Lipinski definition) is 6. The van der Waals surface area contributed by atoms with Gasteiger partial charge in [-0.15, -0.1) is 11.3 Å². The van der Waals surface area contributed by atoms with Crippen LogP contribution < -0.4 is 5.73 Å². The number of nitrogens with zero attached hydrogens (tertiary/aromatic N) is 2. The first-order valence-corrected chi connectivity index (χ1v) is 10.4. The van der Waals surface area contributed by atoms with Crippen LogP contribution in [0, 0.1) is 19.8 Å². The highest BCUT2D eigenvalue weighted by Gasteiger charge is 2.37. The lowest BCUT2D eigenvalue weighted by atomic mass is 9.99. The maximum Gasteiger partial charge on any atom is 0.252 e. The minimum atomic E-state index is -3.50. The van der Waals surface area contributed by atoms with Crippen LogP contribution in [0.2, 0.25) is 0 Å². The molecule has 0 aliphatic carbocycles. The largest absolute Gasteiger partial charge is 0.361 e. The summed E-state index contributed by atoms with van der Waals surface area (Å²) in [4.78, 5) is 0.860. The van der Waals surface area contributed by atoms with Gasteiger partial charge in [-0.25, -0.2) is 8.42 Å². The fourth-order valence-electron chi connectivity index (χ4n) is 3.28. The summed E-state index contributed by atoms with van der Waals surface area (Å²) in [7, 11) is -3.50. The average molecular weight is 370 g/mol. The quantitative estimate of drug-likeness (QED) is 0.875. The third-order valence-electron chi connectivity index (χ3n) is 4.57. The zero-order valence-corrected chi connectivity index (χ0v) is 15.8. The van der Waals surface area contributed by atoms with E-state index >= 15 is 0 Å². The standard InChI is InChI=1S/C16H23N3O3S2/c1-4-5-12-8-19(9-13(12)17)24(20,21)15-7-6-14(23-15)16-10(2)18-22-11(16)3/h6-7,12-13H,4-5,8-9,17H2,1-3H3. The first kappa shape index (κ1) is 17.6. The Bertz CT molecular complexity index is 806. The molecule has 1 fully saturated rings. The Labute approximate surface area is 146 Å². The summed E-state index contributed by atoms with van der Waals surface area (Å²) in [6.07, 6.45) is 1.98. The summed E-state index contributed by atoms with van der Waals surface area (Å²) >= 11 is 1.26. The SMILES string of the molecule is CCCC1CN(S(=O)(=O)c2ccc(-c3c(C)noc3C)s2)CC1N. The van der Waals surface area contributed by atoms with Crippen LogP contribution in [0.5, 0.6) is 0 Å². The lowest BCUT2D eigenvalue weighted by Crippen LogP contribution is -2.32. The van der Waals surface area contributed by atoms with Gasteiger partial charge in [0, 0.05) is 24.0 Å². The summed E-state index contributed by atoms with van der Waals surface area (Å²) in [5, 5.41) is 3.94. The van der Waals surface area contributed by atoms with Gasteiger partial charge in [0.15, 0.2) is 0 Å². The average Bonchev–Trinajstić information content (AvgIpc) is 3.21. The molecular weight excluding hydrogens is 346 g/mol. The molecule has 2 aromatic rings. The van der Waals surface area contributed by atoms with Crippen molar-refractivity contribution in [2.75, 3.05) is 13.1 Å². The zero-order valence-electron chi connectivity index (χ0n) is 14.2. The second-order valence-corrected chi connectivity index (χ2v) is 9.60. The summed E-state index contributed by atoms with van der Waals surface area (Å²) in [5.74, 6) is 0.941. The number of aryl methyl sites for hydroxylation is 2. The molecular formula is C16H23N3O3S2. The summed E-state index contributed by atoms with van der Waals surface area (Å²) in [6.45, 7) is 6.69. The van der Waals surface area contributed by atoms with Crippen LogP contribution in [0.3, 0.4) is 0 Å². The number of rotatable bonds is 5. The van der Waals surface area contributed by atoms with E-state index in [1.54, 1.807) is 6.07 Å². The van der Waals surface area contributed by atoms with Crippen LogP contribution in [0.1, 0.15) is 31.2 Å². The molecule has 0 bridgehead atoms. The second kappa shape index (κ2) is 6.59. The number of thiophene rings is 1. The van der Waals surface area contributed by atoms with Gasteiger partial charge in [-0.05, 0) is 38.3 Å². The molecule has 0 spiro atoms. The highest BCUT2D eigenvalue weighted by molar-refractivity contribution is 7.91. The van der Waals surface area contributed by atoms with Crippen molar-refractivity contribution in [3.63, 3.8) is 0 Å². The van der Waals surface area contributed by atoms with Gasteiger partial charge >= 0.3 is 0 Å². The Kier molecular flexibility index (Phi) is 4.83. The lowest BCUT2D eigenvalue weighted by Gasteiger charge is -2.14.